The van der Waals surface area contributed by atoms with Crippen LogP contribution < -0.4 is 5.14 Å². The van der Waals surface area contributed by atoms with Crippen LogP contribution in [0.1, 0.15) is 5.69 Å². The minimum absolute atomic E-state index is 0.0947. The summed E-state index contributed by atoms with van der Waals surface area (Å²) in [7, 11) is -4.28. The Bertz CT molecular complexity index is 1060. The monoisotopic (exact) mass is 385 g/mol. The van der Waals surface area contributed by atoms with Crippen LogP contribution in [0, 0.1) is 5.82 Å². The highest BCUT2D eigenvalue weighted by molar-refractivity contribution is 7.89. The molecule has 0 atom stereocenters. The Balaban J connectivity index is 2.40. The van der Waals surface area contributed by atoms with Crippen molar-refractivity contribution in [1.82, 2.24) is 9.78 Å². The fraction of sp³-hybridized carbons (Fsp3) is 0.0625. The van der Waals surface area contributed by atoms with Crippen LogP contribution in [0.3, 0.4) is 0 Å². The van der Waals surface area contributed by atoms with Gasteiger partial charge in [-0.2, -0.15) is 18.3 Å². The summed E-state index contributed by atoms with van der Waals surface area (Å²) in [5.74, 6) is -1.60. The third kappa shape index (κ3) is 3.20. The molecule has 5 nitrogen and oxygen atoms in total. The lowest BCUT2D eigenvalue weighted by Gasteiger charge is -2.11. The van der Waals surface area contributed by atoms with Crippen molar-refractivity contribution in [2.24, 2.45) is 5.14 Å². The number of nitrogens with zero attached hydrogens (tertiary/aromatic N) is 2. The molecule has 2 N–H and O–H groups in total. The van der Waals surface area contributed by atoms with Crippen molar-refractivity contribution in [1.29, 1.82) is 0 Å². The molecule has 2 aromatic carbocycles. The molecule has 0 spiro atoms. The van der Waals surface area contributed by atoms with E-state index in [-0.39, 0.29) is 11.3 Å². The number of primary sulfonamides is 1. The van der Waals surface area contributed by atoms with Crippen LogP contribution in [0.2, 0.25) is 0 Å². The molecular weight excluding hydrogens is 374 g/mol. The fourth-order valence-electron chi connectivity index (χ4n) is 2.47. The Labute approximate surface area is 145 Å². The molecule has 136 valence electrons. The number of nitrogens with two attached hydrogens (primary N) is 1. The van der Waals surface area contributed by atoms with Gasteiger partial charge in [-0.1, -0.05) is 42.5 Å². The summed E-state index contributed by atoms with van der Waals surface area (Å²) < 4.78 is 78.2. The number of benzene rings is 2. The van der Waals surface area contributed by atoms with Gasteiger partial charge >= 0.3 is 6.18 Å². The van der Waals surface area contributed by atoms with Gasteiger partial charge in [0.25, 0.3) is 0 Å². The van der Waals surface area contributed by atoms with E-state index in [1.807, 2.05) is 0 Å². The quantitative estimate of drug-likeness (QED) is 0.703. The first-order valence-corrected chi connectivity index (χ1v) is 8.68. The second-order valence-electron chi connectivity index (χ2n) is 5.30. The first-order chi connectivity index (χ1) is 12.1. The van der Waals surface area contributed by atoms with Crippen LogP contribution in [-0.2, 0) is 16.2 Å². The highest BCUT2D eigenvalue weighted by atomic mass is 32.2. The predicted molar refractivity (Wildman–Crippen MR) is 85.3 cm³/mol. The standard InChI is InChI=1S/C16H11F4N3O2S/c17-13-14(10-6-2-1-3-7-10)23(22-15(13)16(18,19)20)11-8-4-5-9-12(11)26(21,24)25/h1-9H,(H2,21,24,25). The molecule has 3 rings (SSSR count). The van der Waals surface area contributed by atoms with E-state index < -0.39 is 38.3 Å². The van der Waals surface area contributed by atoms with E-state index in [4.69, 9.17) is 5.14 Å². The van der Waals surface area contributed by atoms with Crippen LogP contribution in [0.25, 0.3) is 16.9 Å². The minimum Gasteiger partial charge on any atom is -0.228 e. The van der Waals surface area contributed by atoms with Gasteiger partial charge in [0.15, 0.2) is 5.82 Å². The molecule has 0 aliphatic carbocycles. The summed E-state index contributed by atoms with van der Waals surface area (Å²) in [6.07, 6.45) is -5.06. The van der Waals surface area contributed by atoms with Crippen molar-refractivity contribution in [2.75, 3.05) is 0 Å². The van der Waals surface area contributed by atoms with E-state index in [9.17, 15) is 26.0 Å². The maximum atomic E-state index is 14.6. The van der Waals surface area contributed by atoms with E-state index in [0.717, 1.165) is 6.07 Å². The van der Waals surface area contributed by atoms with E-state index in [0.29, 0.717) is 4.68 Å². The van der Waals surface area contributed by atoms with Crippen LogP contribution in [0.4, 0.5) is 17.6 Å². The molecule has 0 radical (unpaired) electrons. The van der Waals surface area contributed by atoms with Gasteiger partial charge in [-0.05, 0) is 12.1 Å². The highest BCUT2D eigenvalue weighted by Crippen LogP contribution is 2.37. The van der Waals surface area contributed by atoms with Crippen molar-refractivity contribution in [2.45, 2.75) is 11.1 Å². The zero-order valence-corrected chi connectivity index (χ0v) is 13.7. The normalized spacial score (nSPS) is 12.3. The van der Waals surface area contributed by atoms with Crippen molar-refractivity contribution in [3.63, 3.8) is 0 Å². The number of rotatable bonds is 3. The molecular formula is C16H11F4N3O2S. The first-order valence-electron chi connectivity index (χ1n) is 7.14. The van der Waals surface area contributed by atoms with Gasteiger partial charge in [0.1, 0.15) is 10.6 Å². The number of alkyl halides is 3. The lowest BCUT2D eigenvalue weighted by atomic mass is 10.1. The van der Waals surface area contributed by atoms with Crippen molar-refractivity contribution < 1.29 is 26.0 Å². The maximum absolute atomic E-state index is 14.6. The summed E-state index contributed by atoms with van der Waals surface area (Å²) >= 11 is 0. The van der Waals surface area contributed by atoms with Crippen molar-refractivity contribution in [3.8, 4) is 16.9 Å². The molecule has 0 bridgehead atoms. The van der Waals surface area contributed by atoms with Gasteiger partial charge in [0.05, 0.1) is 5.69 Å². The molecule has 0 amide bonds. The Morgan fingerprint density at radius 1 is 0.962 bits per heavy atom. The fourth-order valence-corrected chi connectivity index (χ4v) is 3.19. The number of hydrogen-bond donors (Lipinski definition) is 1. The molecule has 26 heavy (non-hydrogen) atoms. The van der Waals surface area contributed by atoms with Crippen molar-refractivity contribution in [3.05, 3.63) is 66.1 Å². The smallest absolute Gasteiger partial charge is 0.228 e. The zero-order valence-electron chi connectivity index (χ0n) is 12.9. The molecule has 1 aromatic heterocycles. The third-order valence-electron chi connectivity index (χ3n) is 3.54. The Kier molecular flexibility index (Phi) is 4.32. The lowest BCUT2D eigenvalue weighted by molar-refractivity contribution is -0.143. The zero-order chi connectivity index (χ0) is 19.1. The Hall–Kier alpha value is -2.72. The van der Waals surface area contributed by atoms with Crippen molar-refractivity contribution >= 4 is 10.0 Å². The lowest BCUT2D eigenvalue weighted by Crippen LogP contribution is -2.16. The van der Waals surface area contributed by atoms with Crippen LogP contribution >= 0.6 is 0 Å². The average molecular weight is 385 g/mol. The maximum Gasteiger partial charge on any atom is 0.438 e. The number of sulfonamides is 1. The summed E-state index contributed by atoms with van der Waals surface area (Å²) in [4.78, 5) is -0.478. The largest absolute Gasteiger partial charge is 0.438 e. The molecule has 1 heterocycles. The van der Waals surface area contributed by atoms with Gasteiger partial charge in [0, 0.05) is 5.56 Å². The van der Waals surface area contributed by atoms with Crippen LogP contribution in [0.15, 0.2) is 59.5 Å². The van der Waals surface area contributed by atoms with Gasteiger partial charge in [0.2, 0.25) is 15.7 Å². The van der Waals surface area contributed by atoms with Crippen LogP contribution in [-0.4, -0.2) is 18.2 Å². The summed E-state index contributed by atoms with van der Waals surface area (Å²) in [5, 5.41) is 8.43. The summed E-state index contributed by atoms with van der Waals surface area (Å²) in [6, 6.07) is 12.4. The molecule has 0 aliphatic heterocycles. The second-order valence-corrected chi connectivity index (χ2v) is 6.83. The van der Waals surface area contributed by atoms with E-state index in [1.165, 1.54) is 42.5 Å². The summed E-state index contributed by atoms with van der Waals surface area (Å²) in [6.45, 7) is 0. The molecule has 0 aliphatic rings. The molecule has 0 saturated carbocycles. The number of halogens is 4. The Morgan fingerprint density at radius 3 is 2.12 bits per heavy atom. The molecule has 3 aromatic rings. The summed E-state index contributed by atoms with van der Waals surface area (Å²) in [5.41, 5.74) is -2.46. The van der Waals surface area contributed by atoms with Gasteiger partial charge in [-0.25, -0.2) is 22.6 Å². The Morgan fingerprint density at radius 2 is 1.54 bits per heavy atom. The number of aromatic nitrogens is 2. The molecule has 0 unspecified atom stereocenters. The third-order valence-corrected chi connectivity index (χ3v) is 4.50. The van der Waals surface area contributed by atoms with Gasteiger partial charge < -0.3 is 0 Å². The van der Waals surface area contributed by atoms with E-state index in [2.05, 4.69) is 5.10 Å². The highest BCUT2D eigenvalue weighted by Gasteiger charge is 2.40. The SMILES string of the molecule is NS(=O)(=O)c1ccccc1-n1nc(C(F)(F)F)c(F)c1-c1ccccc1. The molecule has 0 saturated heterocycles. The predicted octanol–water partition coefficient (Wildman–Crippen LogP) is 3.34. The average Bonchev–Trinajstić information content (AvgIpc) is 2.92. The minimum atomic E-state index is -5.06. The topological polar surface area (TPSA) is 78.0 Å². The molecule has 0 fully saturated rings. The van der Waals surface area contributed by atoms with Gasteiger partial charge in [-0.15, -0.1) is 0 Å². The number of hydrogen-bond acceptors (Lipinski definition) is 3. The molecule has 10 heteroatoms. The second kappa shape index (κ2) is 6.22. The first kappa shape index (κ1) is 18.1. The number of para-hydroxylation sites is 1. The van der Waals surface area contributed by atoms with Crippen LogP contribution in [0.5, 0.6) is 0 Å². The van der Waals surface area contributed by atoms with Gasteiger partial charge in [-0.3, -0.25) is 0 Å². The van der Waals surface area contributed by atoms with E-state index >= 15 is 0 Å². The van der Waals surface area contributed by atoms with E-state index in [1.54, 1.807) is 6.07 Å².